The fourth-order valence-electron chi connectivity index (χ4n) is 5.54. The van der Waals surface area contributed by atoms with E-state index >= 15 is 0 Å². The van der Waals surface area contributed by atoms with E-state index in [1.54, 1.807) is 73.4 Å². The summed E-state index contributed by atoms with van der Waals surface area (Å²) in [7, 11) is 0. The predicted octanol–water partition coefficient (Wildman–Crippen LogP) is 5.75. The van der Waals surface area contributed by atoms with E-state index in [9.17, 15) is 33.9 Å². The maximum absolute atomic E-state index is 14.0. The molecule has 16 heteroatoms. The first-order valence-electron chi connectivity index (χ1n) is 18.1. The second-order valence-electron chi connectivity index (χ2n) is 16.2. The molecule has 1 atom stereocenters. The summed E-state index contributed by atoms with van der Waals surface area (Å²) in [5.74, 6) is -2.44. The summed E-state index contributed by atoms with van der Waals surface area (Å²) in [5, 5.41) is 16.4. The number of nitrogens with zero attached hydrogens (tertiary/aromatic N) is 5. The van der Waals surface area contributed by atoms with Gasteiger partial charge < -0.3 is 29.5 Å². The second kappa shape index (κ2) is 17.2. The summed E-state index contributed by atoms with van der Waals surface area (Å²) in [6, 6.07) is 13.8. The number of imide groups is 1. The number of fused-ring (bicyclic) bond motifs is 1. The molecule has 3 aromatic rings. The topological polar surface area (TPSA) is 199 Å². The molecule has 0 aliphatic carbocycles. The molecular formula is C40H50N6O10. The third kappa shape index (κ3) is 12.5. The number of hydrogen-bond acceptors (Lipinski definition) is 10. The molecule has 2 N–H and O–H groups in total. The van der Waals surface area contributed by atoms with Gasteiger partial charge in [-0.2, -0.15) is 15.0 Å². The van der Waals surface area contributed by atoms with Crippen LogP contribution >= 0.6 is 0 Å². The molecule has 0 radical (unpaired) electrons. The molecule has 16 nitrogen and oxygen atoms in total. The van der Waals surface area contributed by atoms with Crippen molar-refractivity contribution in [2.24, 2.45) is 4.99 Å². The first-order valence-corrected chi connectivity index (χ1v) is 18.1. The molecule has 0 bridgehead atoms. The minimum absolute atomic E-state index is 0.0635. The van der Waals surface area contributed by atoms with E-state index in [0.29, 0.717) is 23.6 Å². The van der Waals surface area contributed by atoms with Crippen molar-refractivity contribution in [3.8, 4) is 0 Å². The van der Waals surface area contributed by atoms with E-state index in [1.807, 2.05) is 30.3 Å². The van der Waals surface area contributed by atoms with Gasteiger partial charge in [0.25, 0.3) is 5.91 Å². The predicted molar refractivity (Wildman–Crippen MR) is 204 cm³/mol. The number of amides is 5. The number of hydrogen-bond donors (Lipinski definition) is 2. The Balaban J connectivity index is 1.66. The highest BCUT2D eigenvalue weighted by Gasteiger charge is 2.37. The van der Waals surface area contributed by atoms with E-state index in [1.165, 1.54) is 28.9 Å². The highest BCUT2D eigenvalue weighted by atomic mass is 16.6. The largest absolute Gasteiger partial charge is 0.480 e. The first kappa shape index (κ1) is 42.7. The molecule has 1 aliphatic heterocycles. The van der Waals surface area contributed by atoms with E-state index in [2.05, 4.69) is 15.4 Å². The van der Waals surface area contributed by atoms with Gasteiger partial charge in [0.1, 0.15) is 29.4 Å². The summed E-state index contributed by atoms with van der Waals surface area (Å²) in [5.41, 5.74) is -0.649. The minimum Gasteiger partial charge on any atom is -0.480 e. The highest BCUT2D eigenvalue weighted by Crippen LogP contribution is 2.22. The van der Waals surface area contributed by atoms with Crippen LogP contribution in [0.2, 0.25) is 0 Å². The van der Waals surface area contributed by atoms with Crippen molar-refractivity contribution in [1.29, 1.82) is 0 Å². The lowest BCUT2D eigenvalue weighted by atomic mass is 10.0. The van der Waals surface area contributed by atoms with Crippen LogP contribution in [-0.4, -0.2) is 96.0 Å². The molecule has 4 rings (SSSR count). The highest BCUT2D eigenvalue weighted by molar-refractivity contribution is 6.18. The summed E-state index contributed by atoms with van der Waals surface area (Å²) >= 11 is 0. The number of nitrogens with one attached hydrogen (secondary N) is 1. The van der Waals surface area contributed by atoms with Gasteiger partial charge in [-0.3, -0.25) is 19.1 Å². The molecule has 0 fully saturated rings. The van der Waals surface area contributed by atoms with E-state index in [0.717, 1.165) is 11.1 Å². The second-order valence-corrected chi connectivity index (χ2v) is 16.2. The lowest BCUT2D eigenvalue weighted by Gasteiger charge is -2.30. The van der Waals surface area contributed by atoms with Crippen LogP contribution in [0.5, 0.6) is 0 Å². The molecule has 2 aromatic carbocycles. The monoisotopic (exact) mass is 774 g/mol. The number of ether oxygens (including phenoxy) is 3. The number of aliphatic imine (C=N–C) groups is 1. The lowest BCUT2D eigenvalue weighted by molar-refractivity contribution is -0.138. The number of amidine groups is 1. The van der Waals surface area contributed by atoms with Crippen LogP contribution in [0.4, 0.5) is 14.4 Å². The average Bonchev–Trinajstić information content (AvgIpc) is 3.46. The Morgan fingerprint density at radius 3 is 1.91 bits per heavy atom. The van der Waals surface area contributed by atoms with Gasteiger partial charge in [-0.15, -0.1) is 0 Å². The Kier molecular flexibility index (Phi) is 13.1. The third-order valence-electron chi connectivity index (χ3n) is 7.76. The van der Waals surface area contributed by atoms with E-state index in [4.69, 9.17) is 14.2 Å². The lowest BCUT2D eigenvalue weighted by Crippen LogP contribution is -2.50. The van der Waals surface area contributed by atoms with Crippen molar-refractivity contribution in [1.82, 2.24) is 24.9 Å². The van der Waals surface area contributed by atoms with Gasteiger partial charge in [0.05, 0.1) is 5.69 Å². The Morgan fingerprint density at radius 1 is 0.821 bits per heavy atom. The summed E-state index contributed by atoms with van der Waals surface area (Å²) in [6.45, 7) is 14.7. The molecule has 56 heavy (non-hydrogen) atoms. The maximum atomic E-state index is 14.0. The zero-order valence-corrected chi connectivity index (χ0v) is 33.2. The fourth-order valence-corrected chi connectivity index (χ4v) is 5.54. The molecule has 0 spiro atoms. The quantitative estimate of drug-likeness (QED) is 0.161. The molecule has 300 valence electrons. The number of carbonyl (C=O) groups excluding carboxylic acids is 5. The molecule has 2 heterocycles. The number of rotatable bonds is 8. The molecule has 1 aliphatic rings. The smallest absolute Gasteiger partial charge is 0.436 e. The summed E-state index contributed by atoms with van der Waals surface area (Å²) < 4.78 is 17.7. The number of aromatic nitrogens is 2. The SMILES string of the molecule is CC(C)(C)OC(=O)N=C(c1ccc(C(=O)N[C@@H](Cc2ccccc2)C(=O)N2CCc3nn(CC(=O)O)cc3C2)cc1)N(C(=O)OC(C)(C)C)C(=O)OC(C)(C)C. The normalized spacial score (nSPS) is 13.9. The number of carboxylic acid groups (broad SMARTS) is 1. The van der Waals surface area contributed by atoms with Crippen molar-refractivity contribution in [2.75, 3.05) is 6.54 Å². The van der Waals surface area contributed by atoms with Gasteiger partial charge in [-0.25, -0.2) is 14.4 Å². The van der Waals surface area contributed by atoms with Crippen molar-refractivity contribution >= 4 is 41.9 Å². The van der Waals surface area contributed by atoms with E-state index in [-0.39, 0.29) is 36.5 Å². The molecule has 0 unspecified atom stereocenters. The van der Waals surface area contributed by atoms with Crippen molar-refractivity contribution in [3.63, 3.8) is 0 Å². The number of aliphatic carboxylic acids is 1. The Morgan fingerprint density at radius 2 is 1.38 bits per heavy atom. The Bertz CT molecular complexity index is 1940. The van der Waals surface area contributed by atoms with Crippen LogP contribution in [0, 0.1) is 0 Å². The standard InChI is InChI=1S/C40H50N6O10/c1-38(2,3)54-35(51)42-32(46(36(52)55-39(4,5)6)37(53)56-40(7,8)9)26-15-17-27(18-16-26)33(49)41-30(21-25-13-11-10-12-14-25)34(50)44-20-19-29-28(22-44)23-45(43-29)24-31(47)48/h10-18,23,30H,19-22,24H2,1-9H3,(H,41,49)(H,47,48)/t30-/m0/s1. The van der Waals surface area contributed by atoms with Crippen LogP contribution < -0.4 is 5.32 Å². The summed E-state index contributed by atoms with van der Waals surface area (Å²) in [4.78, 5) is 85.3. The third-order valence-corrected chi connectivity index (χ3v) is 7.76. The van der Waals surface area contributed by atoms with Crippen molar-refractivity contribution < 1.29 is 48.1 Å². The van der Waals surface area contributed by atoms with Gasteiger partial charge in [-0.05, 0) is 80.0 Å². The van der Waals surface area contributed by atoms with Gasteiger partial charge in [0.15, 0.2) is 5.84 Å². The maximum Gasteiger partial charge on any atom is 0.436 e. The van der Waals surface area contributed by atoms with Gasteiger partial charge >= 0.3 is 24.2 Å². The zero-order chi connectivity index (χ0) is 41.6. The van der Waals surface area contributed by atoms with Gasteiger partial charge in [-0.1, -0.05) is 42.5 Å². The Labute approximate surface area is 325 Å². The molecule has 0 saturated heterocycles. The first-order chi connectivity index (χ1) is 26.0. The molecule has 5 amide bonds. The fraction of sp³-hybridized carbons (Fsp3) is 0.450. The van der Waals surface area contributed by atoms with Crippen LogP contribution in [0.1, 0.15) is 95.1 Å². The van der Waals surface area contributed by atoms with E-state index < -0.39 is 58.8 Å². The minimum atomic E-state index is -1.17. The average molecular weight is 775 g/mol. The zero-order valence-electron chi connectivity index (χ0n) is 33.2. The number of benzene rings is 2. The molecule has 0 saturated carbocycles. The number of carboxylic acids is 1. The van der Waals surface area contributed by atoms with Gasteiger partial charge in [0, 0.05) is 48.8 Å². The number of carbonyl (C=O) groups is 6. The van der Waals surface area contributed by atoms with Crippen LogP contribution in [0.25, 0.3) is 0 Å². The van der Waals surface area contributed by atoms with Crippen LogP contribution in [0.15, 0.2) is 65.8 Å². The van der Waals surface area contributed by atoms with Crippen LogP contribution in [0.3, 0.4) is 0 Å². The molecular weight excluding hydrogens is 724 g/mol. The van der Waals surface area contributed by atoms with Gasteiger partial charge in [0.2, 0.25) is 5.91 Å². The summed E-state index contributed by atoms with van der Waals surface area (Å²) in [6.07, 6.45) is -1.24. The van der Waals surface area contributed by atoms with Crippen molar-refractivity contribution in [3.05, 3.63) is 88.7 Å². The van der Waals surface area contributed by atoms with Crippen LogP contribution in [-0.2, 0) is 49.7 Å². The Hall–Kier alpha value is -6.06. The molecule has 1 aromatic heterocycles. The van der Waals surface area contributed by atoms with Crippen molar-refractivity contribution in [2.45, 2.75) is 111 Å².